The van der Waals surface area contributed by atoms with Crippen LogP contribution >= 0.6 is 0 Å². The highest BCUT2D eigenvalue weighted by molar-refractivity contribution is 5.05. The molecular formula is C19H35N. The van der Waals surface area contributed by atoms with Crippen LogP contribution in [0.25, 0.3) is 0 Å². The van der Waals surface area contributed by atoms with E-state index in [1.54, 1.807) is 0 Å². The Bertz CT molecular complexity index is 351. The third kappa shape index (κ3) is 2.45. The minimum absolute atomic E-state index is 0.491. The Balaban J connectivity index is 1.81. The minimum atomic E-state index is 0.491. The van der Waals surface area contributed by atoms with Crippen LogP contribution < -0.4 is 5.32 Å². The van der Waals surface area contributed by atoms with Crippen molar-refractivity contribution in [1.29, 1.82) is 0 Å². The molecule has 3 fully saturated rings. The molecule has 0 bridgehead atoms. The Hall–Kier alpha value is -0.0400. The smallest absolute Gasteiger partial charge is 0.0103 e. The van der Waals surface area contributed by atoms with Crippen molar-refractivity contribution >= 4 is 0 Å². The molecule has 1 heterocycles. The highest BCUT2D eigenvalue weighted by Crippen LogP contribution is 2.54. The van der Waals surface area contributed by atoms with Crippen LogP contribution in [-0.4, -0.2) is 12.1 Å². The van der Waals surface area contributed by atoms with E-state index in [1.165, 1.54) is 44.9 Å². The van der Waals surface area contributed by atoms with Crippen LogP contribution in [-0.2, 0) is 0 Å². The molecule has 2 saturated carbocycles. The lowest BCUT2D eigenvalue weighted by Crippen LogP contribution is -2.63. The third-order valence-electron chi connectivity index (χ3n) is 7.18. The Labute approximate surface area is 126 Å². The Kier molecular flexibility index (Phi) is 3.72. The van der Waals surface area contributed by atoms with Gasteiger partial charge in [-0.05, 0) is 60.7 Å². The van der Waals surface area contributed by atoms with Crippen LogP contribution in [0.2, 0.25) is 0 Å². The summed E-state index contributed by atoms with van der Waals surface area (Å²) in [5.41, 5.74) is 1.04. The first-order chi connectivity index (χ1) is 9.30. The van der Waals surface area contributed by atoms with E-state index in [4.69, 9.17) is 0 Å². The molecule has 1 nitrogen and oxygen atoms in total. The Morgan fingerprint density at radius 2 is 1.50 bits per heavy atom. The van der Waals surface area contributed by atoms with Gasteiger partial charge in [0.2, 0.25) is 0 Å². The molecule has 5 atom stereocenters. The number of hydrogen-bond acceptors (Lipinski definition) is 1. The number of nitrogens with one attached hydrogen (secondary N) is 1. The summed E-state index contributed by atoms with van der Waals surface area (Å²) < 4.78 is 0. The quantitative estimate of drug-likeness (QED) is 0.656. The van der Waals surface area contributed by atoms with Crippen LogP contribution in [0.1, 0.15) is 79.6 Å². The lowest BCUT2D eigenvalue weighted by molar-refractivity contribution is -0.0575. The van der Waals surface area contributed by atoms with E-state index < -0.39 is 0 Å². The maximum absolute atomic E-state index is 4.08. The fourth-order valence-corrected chi connectivity index (χ4v) is 5.75. The molecule has 1 N–H and O–H groups in total. The first kappa shape index (κ1) is 14.9. The van der Waals surface area contributed by atoms with Gasteiger partial charge in [-0.3, -0.25) is 0 Å². The van der Waals surface area contributed by atoms with Gasteiger partial charge in [-0.15, -0.1) is 0 Å². The maximum atomic E-state index is 4.08. The van der Waals surface area contributed by atoms with Crippen LogP contribution in [0.3, 0.4) is 0 Å². The zero-order chi connectivity index (χ0) is 14.5. The molecular weight excluding hydrogens is 242 g/mol. The topological polar surface area (TPSA) is 12.0 Å². The molecule has 3 rings (SSSR count). The standard InChI is InChI=1S/C19H35N/c1-18(2,3)13-10-11-17-15(12-13)19(4,5)14-8-6-7-9-16(14)20-17/h13-17,20H,6-12H2,1-5H3. The van der Waals surface area contributed by atoms with Gasteiger partial charge in [0.05, 0.1) is 0 Å². The van der Waals surface area contributed by atoms with Gasteiger partial charge >= 0.3 is 0 Å². The molecule has 5 unspecified atom stereocenters. The molecule has 0 radical (unpaired) electrons. The monoisotopic (exact) mass is 277 g/mol. The maximum Gasteiger partial charge on any atom is 0.0103 e. The Morgan fingerprint density at radius 1 is 0.850 bits per heavy atom. The van der Waals surface area contributed by atoms with Crippen molar-refractivity contribution in [3.63, 3.8) is 0 Å². The zero-order valence-corrected chi connectivity index (χ0v) is 14.3. The molecule has 1 saturated heterocycles. The van der Waals surface area contributed by atoms with Crippen molar-refractivity contribution in [2.45, 2.75) is 91.6 Å². The molecule has 1 heteroatoms. The molecule has 20 heavy (non-hydrogen) atoms. The summed E-state index contributed by atoms with van der Waals surface area (Å²) in [5.74, 6) is 2.75. The van der Waals surface area contributed by atoms with Crippen molar-refractivity contribution in [2.24, 2.45) is 28.6 Å². The van der Waals surface area contributed by atoms with Crippen LogP contribution in [0, 0.1) is 28.6 Å². The molecule has 0 aromatic heterocycles. The summed E-state index contributed by atoms with van der Waals surface area (Å²) in [5, 5.41) is 4.08. The predicted octanol–water partition coefficient (Wildman–Crippen LogP) is 5.01. The van der Waals surface area contributed by atoms with Crippen molar-refractivity contribution in [3.8, 4) is 0 Å². The van der Waals surface area contributed by atoms with E-state index >= 15 is 0 Å². The molecule has 2 aliphatic carbocycles. The van der Waals surface area contributed by atoms with E-state index in [1.807, 2.05) is 0 Å². The normalized spacial score (nSPS) is 44.5. The lowest BCUT2D eigenvalue weighted by Gasteiger charge is -2.59. The van der Waals surface area contributed by atoms with E-state index in [0.717, 1.165) is 29.8 Å². The molecule has 0 spiro atoms. The second kappa shape index (κ2) is 5.00. The summed E-state index contributed by atoms with van der Waals surface area (Å²) in [6.45, 7) is 12.5. The van der Waals surface area contributed by atoms with E-state index in [2.05, 4.69) is 39.9 Å². The van der Waals surface area contributed by atoms with Gasteiger partial charge in [0, 0.05) is 12.1 Å². The fourth-order valence-electron chi connectivity index (χ4n) is 5.75. The van der Waals surface area contributed by atoms with Gasteiger partial charge in [0.1, 0.15) is 0 Å². The molecule has 0 aromatic carbocycles. The summed E-state index contributed by atoms with van der Waals surface area (Å²) in [7, 11) is 0. The van der Waals surface area contributed by atoms with E-state index in [0.29, 0.717) is 10.8 Å². The van der Waals surface area contributed by atoms with Gasteiger partial charge in [0.25, 0.3) is 0 Å². The molecule has 0 aromatic rings. The highest BCUT2D eigenvalue weighted by Gasteiger charge is 2.52. The Morgan fingerprint density at radius 3 is 2.20 bits per heavy atom. The van der Waals surface area contributed by atoms with Gasteiger partial charge in [-0.25, -0.2) is 0 Å². The summed E-state index contributed by atoms with van der Waals surface area (Å²) >= 11 is 0. The minimum Gasteiger partial charge on any atom is -0.311 e. The average molecular weight is 277 g/mol. The number of fused-ring (bicyclic) bond motifs is 2. The fraction of sp³-hybridized carbons (Fsp3) is 1.00. The van der Waals surface area contributed by atoms with Crippen LogP contribution in [0.4, 0.5) is 0 Å². The van der Waals surface area contributed by atoms with Crippen molar-refractivity contribution in [1.82, 2.24) is 5.32 Å². The summed E-state index contributed by atoms with van der Waals surface area (Å²) in [4.78, 5) is 0. The van der Waals surface area contributed by atoms with Crippen molar-refractivity contribution < 1.29 is 0 Å². The molecule has 3 aliphatic rings. The van der Waals surface area contributed by atoms with Crippen molar-refractivity contribution in [2.75, 3.05) is 0 Å². The zero-order valence-electron chi connectivity index (χ0n) is 14.3. The second-order valence-corrected chi connectivity index (χ2v) is 9.57. The number of piperidine rings is 1. The molecule has 116 valence electrons. The summed E-state index contributed by atoms with van der Waals surface area (Å²) in [6.07, 6.45) is 10.1. The lowest BCUT2D eigenvalue weighted by atomic mass is 9.52. The van der Waals surface area contributed by atoms with Crippen LogP contribution in [0.15, 0.2) is 0 Å². The SMILES string of the molecule is CC(C)(C)C1CCC2NC3CCCCC3C(C)(C)C2C1. The second-order valence-electron chi connectivity index (χ2n) is 9.57. The molecule has 0 amide bonds. The van der Waals surface area contributed by atoms with Gasteiger partial charge in [-0.2, -0.15) is 0 Å². The average Bonchev–Trinajstić information content (AvgIpc) is 2.37. The number of rotatable bonds is 0. The highest BCUT2D eigenvalue weighted by atomic mass is 15.0. The first-order valence-electron chi connectivity index (χ1n) is 9.06. The van der Waals surface area contributed by atoms with E-state index in [-0.39, 0.29) is 0 Å². The summed E-state index contributed by atoms with van der Waals surface area (Å²) in [6, 6.07) is 1.63. The van der Waals surface area contributed by atoms with Gasteiger partial charge in [0.15, 0.2) is 0 Å². The number of hydrogen-bond donors (Lipinski definition) is 1. The first-order valence-corrected chi connectivity index (χ1v) is 9.06. The van der Waals surface area contributed by atoms with Gasteiger partial charge in [-0.1, -0.05) is 47.5 Å². The van der Waals surface area contributed by atoms with Gasteiger partial charge < -0.3 is 5.32 Å². The van der Waals surface area contributed by atoms with E-state index in [9.17, 15) is 0 Å². The largest absolute Gasteiger partial charge is 0.311 e. The predicted molar refractivity (Wildman–Crippen MR) is 86.7 cm³/mol. The van der Waals surface area contributed by atoms with Crippen molar-refractivity contribution in [3.05, 3.63) is 0 Å². The molecule has 1 aliphatic heterocycles. The van der Waals surface area contributed by atoms with Crippen LogP contribution in [0.5, 0.6) is 0 Å². The third-order valence-corrected chi connectivity index (χ3v) is 7.18.